The lowest BCUT2D eigenvalue weighted by atomic mass is 9.93. The SMILES string of the molecule is O=C(Nc1ccc2c(c1)OCCO2)C1=C(c2ccccc2)NC(=S)N[C@H]1c1ccsc1. The van der Waals surface area contributed by atoms with Gasteiger partial charge in [-0.3, -0.25) is 4.79 Å². The highest BCUT2D eigenvalue weighted by Gasteiger charge is 2.32. The quantitative estimate of drug-likeness (QED) is 0.521. The van der Waals surface area contributed by atoms with Crippen molar-refractivity contribution in [2.45, 2.75) is 6.04 Å². The minimum Gasteiger partial charge on any atom is -0.486 e. The van der Waals surface area contributed by atoms with Crippen LogP contribution in [0.1, 0.15) is 17.2 Å². The lowest BCUT2D eigenvalue weighted by Crippen LogP contribution is -2.45. The zero-order chi connectivity index (χ0) is 21.2. The van der Waals surface area contributed by atoms with Crippen LogP contribution in [0.25, 0.3) is 5.70 Å². The molecule has 0 spiro atoms. The Morgan fingerprint density at radius 3 is 2.65 bits per heavy atom. The minimum atomic E-state index is -0.368. The first-order chi connectivity index (χ1) is 15.2. The van der Waals surface area contributed by atoms with Crippen LogP contribution in [0.3, 0.4) is 0 Å². The largest absolute Gasteiger partial charge is 0.486 e. The van der Waals surface area contributed by atoms with Gasteiger partial charge >= 0.3 is 0 Å². The fraction of sp³-hybridized carbons (Fsp3) is 0.130. The molecule has 3 aromatic rings. The van der Waals surface area contributed by atoms with E-state index in [-0.39, 0.29) is 11.9 Å². The van der Waals surface area contributed by atoms with E-state index in [0.29, 0.717) is 46.8 Å². The molecule has 0 radical (unpaired) electrons. The fourth-order valence-electron chi connectivity index (χ4n) is 3.65. The summed E-state index contributed by atoms with van der Waals surface area (Å²) in [6.07, 6.45) is 0. The van der Waals surface area contributed by atoms with E-state index in [1.807, 2.05) is 53.2 Å². The van der Waals surface area contributed by atoms with Crippen molar-refractivity contribution in [2.24, 2.45) is 0 Å². The van der Waals surface area contributed by atoms with Crippen LogP contribution < -0.4 is 25.4 Å². The Morgan fingerprint density at radius 2 is 1.87 bits per heavy atom. The Bertz CT molecular complexity index is 1160. The number of benzene rings is 2. The van der Waals surface area contributed by atoms with Gasteiger partial charge in [-0.25, -0.2) is 0 Å². The van der Waals surface area contributed by atoms with E-state index in [0.717, 1.165) is 11.1 Å². The van der Waals surface area contributed by atoms with Crippen molar-refractivity contribution >= 4 is 46.0 Å². The summed E-state index contributed by atoms with van der Waals surface area (Å²) in [4.78, 5) is 13.6. The molecule has 2 aliphatic rings. The molecule has 2 aliphatic heterocycles. The summed E-state index contributed by atoms with van der Waals surface area (Å²) in [5, 5.41) is 13.9. The predicted octanol–water partition coefficient (Wildman–Crippen LogP) is 4.09. The number of ether oxygens (including phenoxy) is 2. The first-order valence-corrected chi connectivity index (χ1v) is 11.1. The van der Waals surface area contributed by atoms with Crippen molar-refractivity contribution < 1.29 is 14.3 Å². The van der Waals surface area contributed by atoms with Gasteiger partial charge in [-0.15, -0.1) is 0 Å². The Balaban J connectivity index is 1.55. The maximum atomic E-state index is 13.6. The molecule has 1 atom stereocenters. The third-order valence-corrected chi connectivity index (χ3v) is 5.98. The standard InChI is InChI=1S/C23H19N3O3S2/c27-22(24-16-6-7-17-18(12-16)29-10-9-28-17)19-20(14-4-2-1-3-5-14)25-23(30)26-21(19)15-8-11-31-13-15/h1-8,11-13,21H,9-10H2,(H,24,27)(H2,25,26,30)/t21-/m0/s1. The van der Waals surface area contributed by atoms with Crippen molar-refractivity contribution in [3.05, 3.63) is 82.1 Å². The van der Waals surface area contributed by atoms with Gasteiger partial charge in [0.15, 0.2) is 16.6 Å². The van der Waals surface area contributed by atoms with Crippen molar-refractivity contribution in [1.29, 1.82) is 0 Å². The molecule has 0 saturated carbocycles. The lowest BCUT2D eigenvalue weighted by Gasteiger charge is -2.31. The van der Waals surface area contributed by atoms with Gasteiger partial charge in [0.1, 0.15) is 13.2 Å². The highest BCUT2D eigenvalue weighted by molar-refractivity contribution is 7.80. The molecule has 3 heterocycles. The number of fused-ring (bicyclic) bond motifs is 1. The van der Waals surface area contributed by atoms with E-state index in [1.54, 1.807) is 23.5 Å². The smallest absolute Gasteiger partial charge is 0.256 e. The molecule has 0 unspecified atom stereocenters. The monoisotopic (exact) mass is 449 g/mol. The minimum absolute atomic E-state index is 0.228. The summed E-state index contributed by atoms with van der Waals surface area (Å²) in [5.74, 6) is 1.07. The van der Waals surface area contributed by atoms with Gasteiger partial charge in [0.25, 0.3) is 5.91 Å². The van der Waals surface area contributed by atoms with Crippen molar-refractivity contribution in [3.8, 4) is 11.5 Å². The molecule has 1 amide bonds. The highest BCUT2D eigenvalue weighted by Crippen LogP contribution is 2.35. The van der Waals surface area contributed by atoms with E-state index < -0.39 is 0 Å². The molecule has 6 nitrogen and oxygen atoms in total. The number of hydrogen-bond donors (Lipinski definition) is 3. The molecular weight excluding hydrogens is 430 g/mol. The molecule has 2 aromatic carbocycles. The Labute approximate surface area is 188 Å². The van der Waals surface area contributed by atoms with E-state index in [4.69, 9.17) is 21.7 Å². The first-order valence-electron chi connectivity index (χ1n) is 9.79. The zero-order valence-electron chi connectivity index (χ0n) is 16.4. The molecule has 31 heavy (non-hydrogen) atoms. The zero-order valence-corrected chi connectivity index (χ0v) is 18.0. The highest BCUT2D eigenvalue weighted by atomic mass is 32.1. The predicted molar refractivity (Wildman–Crippen MR) is 125 cm³/mol. The van der Waals surface area contributed by atoms with Gasteiger partial charge in [-0.2, -0.15) is 11.3 Å². The number of rotatable bonds is 4. The molecule has 3 N–H and O–H groups in total. The molecule has 0 saturated heterocycles. The van der Waals surface area contributed by atoms with Crippen molar-refractivity contribution in [2.75, 3.05) is 18.5 Å². The molecule has 5 rings (SSSR count). The third-order valence-electron chi connectivity index (χ3n) is 5.06. The van der Waals surface area contributed by atoms with Crippen LogP contribution in [0.2, 0.25) is 0 Å². The van der Waals surface area contributed by atoms with E-state index in [1.165, 1.54) is 0 Å². The summed E-state index contributed by atoms with van der Waals surface area (Å²) < 4.78 is 11.2. The molecule has 8 heteroatoms. The van der Waals surface area contributed by atoms with E-state index >= 15 is 0 Å². The summed E-state index contributed by atoms with van der Waals surface area (Å²) in [7, 11) is 0. The molecule has 156 valence electrons. The van der Waals surface area contributed by atoms with Crippen LogP contribution in [-0.4, -0.2) is 24.2 Å². The van der Waals surface area contributed by atoms with Crippen LogP contribution in [0, 0.1) is 0 Å². The number of amides is 1. The Hall–Kier alpha value is -3.36. The molecule has 0 aliphatic carbocycles. The molecule has 0 bridgehead atoms. The number of carbonyl (C=O) groups is 1. The van der Waals surface area contributed by atoms with Gasteiger partial charge < -0.3 is 25.4 Å². The normalized spacial score (nSPS) is 17.5. The van der Waals surface area contributed by atoms with Crippen molar-refractivity contribution in [3.63, 3.8) is 0 Å². The number of thiocarbonyl (C=S) groups is 1. The molecule has 0 fully saturated rings. The van der Waals surface area contributed by atoms with Gasteiger partial charge in [-0.05, 0) is 52.3 Å². The maximum Gasteiger partial charge on any atom is 0.256 e. The summed E-state index contributed by atoms with van der Waals surface area (Å²) in [6.45, 7) is 1.00. The van der Waals surface area contributed by atoms with E-state index in [9.17, 15) is 4.79 Å². The number of anilines is 1. The van der Waals surface area contributed by atoms with Crippen LogP contribution in [0.15, 0.2) is 70.9 Å². The second-order valence-corrected chi connectivity index (χ2v) is 8.24. The first kappa shape index (κ1) is 19.6. The second kappa shape index (κ2) is 8.41. The second-order valence-electron chi connectivity index (χ2n) is 7.06. The van der Waals surface area contributed by atoms with Crippen LogP contribution >= 0.6 is 23.6 Å². The number of nitrogens with one attached hydrogen (secondary N) is 3. The number of hydrogen-bond acceptors (Lipinski definition) is 5. The van der Waals surface area contributed by atoms with Gasteiger partial charge in [0, 0.05) is 11.8 Å². The average molecular weight is 450 g/mol. The molecule has 1 aromatic heterocycles. The van der Waals surface area contributed by atoms with Crippen LogP contribution in [-0.2, 0) is 4.79 Å². The summed E-state index contributed by atoms with van der Waals surface area (Å²) >= 11 is 7.03. The topological polar surface area (TPSA) is 71.6 Å². The van der Waals surface area contributed by atoms with E-state index in [2.05, 4.69) is 16.0 Å². The van der Waals surface area contributed by atoms with Crippen molar-refractivity contribution in [1.82, 2.24) is 10.6 Å². The lowest BCUT2D eigenvalue weighted by molar-refractivity contribution is -0.113. The van der Waals surface area contributed by atoms with Gasteiger partial charge in [-0.1, -0.05) is 30.3 Å². The summed E-state index contributed by atoms with van der Waals surface area (Å²) in [5.41, 5.74) is 3.75. The van der Waals surface area contributed by atoms with Crippen LogP contribution in [0.4, 0.5) is 5.69 Å². The average Bonchev–Trinajstić information content (AvgIpc) is 3.34. The van der Waals surface area contributed by atoms with Gasteiger partial charge in [0.2, 0.25) is 0 Å². The third kappa shape index (κ3) is 3.99. The summed E-state index contributed by atoms with van der Waals surface area (Å²) in [6, 6.07) is 16.7. The van der Waals surface area contributed by atoms with Crippen LogP contribution in [0.5, 0.6) is 11.5 Å². The van der Waals surface area contributed by atoms with Gasteiger partial charge in [0.05, 0.1) is 17.3 Å². The number of thiophene rings is 1. The molecular formula is C23H19N3O3S2. The number of carbonyl (C=O) groups excluding carboxylic acids is 1. The Kier molecular flexibility index (Phi) is 5.31. The maximum absolute atomic E-state index is 13.6. The fourth-order valence-corrected chi connectivity index (χ4v) is 4.56. The Morgan fingerprint density at radius 1 is 1.06 bits per heavy atom.